The molecule has 16 heavy (non-hydrogen) atoms. The van der Waals surface area contributed by atoms with Gasteiger partial charge in [-0.3, -0.25) is 0 Å². The minimum Gasteiger partial charge on any atom is -0.320 e. The van der Waals surface area contributed by atoms with Crippen molar-refractivity contribution < 1.29 is 8.42 Å². The monoisotopic (exact) mass is 248 g/mol. The second kappa shape index (κ2) is 5.98. The lowest BCUT2D eigenvalue weighted by Crippen LogP contribution is -2.45. The first kappa shape index (κ1) is 13.9. The molecule has 2 atom stereocenters. The molecule has 5 heteroatoms. The SMILES string of the molecule is CNCCCS(=O)(=O)N1CCC(C)CC1C. The summed E-state index contributed by atoms with van der Waals surface area (Å²) in [6.45, 7) is 5.68. The Morgan fingerprint density at radius 2 is 2.06 bits per heavy atom. The maximum absolute atomic E-state index is 12.1. The highest BCUT2D eigenvalue weighted by Crippen LogP contribution is 2.24. The first-order chi connectivity index (χ1) is 7.47. The van der Waals surface area contributed by atoms with Gasteiger partial charge in [0, 0.05) is 12.6 Å². The van der Waals surface area contributed by atoms with Gasteiger partial charge < -0.3 is 5.32 Å². The Labute approximate surface area is 99.5 Å². The highest BCUT2D eigenvalue weighted by Gasteiger charge is 2.31. The molecule has 0 amide bonds. The number of hydrogen-bond donors (Lipinski definition) is 1. The van der Waals surface area contributed by atoms with Gasteiger partial charge in [-0.25, -0.2) is 8.42 Å². The zero-order chi connectivity index (χ0) is 12.2. The topological polar surface area (TPSA) is 49.4 Å². The minimum absolute atomic E-state index is 0.170. The van der Waals surface area contributed by atoms with Crippen LogP contribution in [0.3, 0.4) is 0 Å². The summed E-state index contributed by atoms with van der Waals surface area (Å²) < 4.78 is 25.8. The number of sulfonamides is 1. The van der Waals surface area contributed by atoms with Gasteiger partial charge in [-0.05, 0) is 45.7 Å². The van der Waals surface area contributed by atoms with Gasteiger partial charge in [-0.15, -0.1) is 0 Å². The van der Waals surface area contributed by atoms with E-state index in [4.69, 9.17) is 0 Å². The summed E-state index contributed by atoms with van der Waals surface area (Å²) in [5.74, 6) is 0.922. The van der Waals surface area contributed by atoms with Crippen molar-refractivity contribution in [2.45, 2.75) is 39.2 Å². The summed E-state index contributed by atoms with van der Waals surface area (Å²) in [6, 6.07) is 0.170. The van der Waals surface area contributed by atoms with E-state index in [1.165, 1.54) is 0 Å². The molecule has 0 bridgehead atoms. The fourth-order valence-electron chi connectivity index (χ4n) is 2.35. The van der Waals surface area contributed by atoms with Crippen LogP contribution in [0, 0.1) is 5.92 Å². The standard InChI is InChI=1S/C11H24N2O2S/c1-10-5-7-13(11(2)9-10)16(14,15)8-4-6-12-3/h10-12H,4-9H2,1-3H3. The van der Waals surface area contributed by atoms with Crippen molar-refractivity contribution in [3.8, 4) is 0 Å². The molecule has 1 fully saturated rings. The molecular weight excluding hydrogens is 224 g/mol. The van der Waals surface area contributed by atoms with Gasteiger partial charge in [0.2, 0.25) is 10.0 Å². The van der Waals surface area contributed by atoms with Crippen LogP contribution in [0.5, 0.6) is 0 Å². The van der Waals surface area contributed by atoms with Gasteiger partial charge in [0.1, 0.15) is 0 Å². The fraction of sp³-hybridized carbons (Fsp3) is 1.00. The molecule has 0 aliphatic carbocycles. The summed E-state index contributed by atoms with van der Waals surface area (Å²) in [5.41, 5.74) is 0. The van der Waals surface area contributed by atoms with Gasteiger partial charge in [0.25, 0.3) is 0 Å². The number of piperidine rings is 1. The largest absolute Gasteiger partial charge is 0.320 e. The van der Waals surface area contributed by atoms with Crippen LogP contribution in [-0.4, -0.2) is 44.7 Å². The van der Waals surface area contributed by atoms with Crippen LogP contribution < -0.4 is 5.32 Å². The molecule has 1 rings (SSSR count). The second-order valence-electron chi connectivity index (χ2n) is 4.86. The first-order valence-corrected chi connectivity index (χ1v) is 7.72. The van der Waals surface area contributed by atoms with Crippen LogP contribution in [0.25, 0.3) is 0 Å². The summed E-state index contributed by atoms with van der Waals surface area (Å²) >= 11 is 0. The molecule has 1 aliphatic rings. The first-order valence-electron chi connectivity index (χ1n) is 6.11. The Bertz CT molecular complexity index is 303. The zero-order valence-electron chi connectivity index (χ0n) is 10.6. The lowest BCUT2D eigenvalue weighted by Gasteiger charge is -2.35. The lowest BCUT2D eigenvalue weighted by molar-refractivity contribution is 0.220. The van der Waals surface area contributed by atoms with E-state index in [1.54, 1.807) is 4.31 Å². The predicted molar refractivity (Wildman–Crippen MR) is 66.9 cm³/mol. The molecule has 0 spiro atoms. The maximum atomic E-state index is 12.1. The number of nitrogens with zero attached hydrogens (tertiary/aromatic N) is 1. The molecule has 1 N–H and O–H groups in total. The smallest absolute Gasteiger partial charge is 0.214 e. The third kappa shape index (κ3) is 3.71. The number of rotatable bonds is 5. The van der Waals surface area contributed by atoms with Crippen LogP contribution in [0.15, 0.2) is 0 Å². The van der Waals surface area contributed by atoms with Crippen LogP contribution in [-0.2, 0) is 10.0 Å². The fourth-order valence-corrected chi connectivity index (χ4v) is 4.11. The highest BCUT2D eigenvalue weighted by atomic mass is 32.2. The molecule has 0 aromatic rings. The van der Waals surface area contributed by atoms with E-state index in [-0.39, 0.29) is 11.8 Å². The number of nitrogens with one attached hydrogen (secondary N) is 1. The molecule has 4 nitrogen and oxygen atoms in total. The van der Waals surface area contributed by atoms with Crippen molar-refractivity contribution in [3.05, 3.63) is 0 Å². The average molecular weight is 248 g/mol. The molecule has 1 saturated heterocycles. The molecule has 96 valence electrons. The maximum Gasteiger partial charge on any atom is 0.214 e. The summed E-state index contributed by atoms with van der Waals surface area (Å²) in [6.07, 6.45) is 2.68. The van der Waals surface area contributed by atoms with Crippen LogP contribution in [0.2, 0.25) is 0 Å². The van der Waals surface area contributed by atoms with Crippen molar-refractivity contribution in [1.29, 1.82) is 0 Å². The minimum atomic E-state index is -3.03. The summed E-state index contributed by atoms with van der Waals surface area (Å²) in [7, 11) is -1.19. The quantitative estimate of drug-likeness (QED) is 0.740. The van der Waals surface area contributed by atoms with Crippen LogP contribution >= 0.6 is 0 Å². The van der Waals surface area contributed by atoms with Gasteiger partial charge in [0.05, 0.1) is 5.75 Å². The number of hydrogen-bond acceptors (Lipinski definition) is 3. The Hall–Kier alpha value is -0.130. The van der Waals surface area contributed by atoms with Gasteiger partial charge in [-0.1, -0.05) is 6.92 Å². The van der Waals surface area contributed by atoms with E-state index >= 15 is 0 Å². The van der Waals surface area contributed by atoms with E-state index in [2.05, 4.69) is 12.2 Å². The third-order valence-electron chi connectivity index (χ3n) is 3.26. The Morgan fingerprint density at radius 3 is 2.62 bits per heavy atom. The lowest BCUT2D eigenvalue weighted by atomic mass is 9.95. The highest BCUT2D eigenvalue weighted by molar-refractivity contribution is 7.89. The molecule has 0 radical (unpaired) electrons. The Morgan fingerprint density at radius 1 is 1.38 bits per heavy atom. The Balaban J connectivity index is 2.54. The van der Waals surface area contributed by atoms with Crippen molar-refractivity contribution >= 4 is 10.0 Å². The van der Waals surface area contributed by atoms with Crippen molar-refractivity contribution in [1.82, 2.24) is 9.62 Å². The molecule has 0 saturated carbocycles. The summed E-state index contributed by atoms with van der Waals surface area (Å²) in [5, 5.41) is 2.98. The second-order valence-corrected chi connectivity index (χ2v) is 6.90. The van der Waals surface area contributed by atoms with Gasteiger partial charge in [-0.2, -0.15) is 4.31 Å². The molecule has 0 aromatic carbocycles. The van der Waals surface area contributed by atoms with Crippen molar-refractivity contribution in [3.63, 3.8) is 0 Å². The van der Waals surface area contributed by atoms with E-state index in [1.807, 2.05) is 14.0 Å². The van der Waals surface area contributed by atoms with E-state index in [0.717, 1.165) is 19.4 Å². The van der Waals surface area contributed by atoms with Gasteiger partial charge >= 0.3 is 0 Å². The van der Waals surface area contributed by atoms with Crippen LogP contribution in [0.1, 0.15) is 33.1 Å². The average Bonchev–Trinajstić information content (AvgIpc) is 2.17. The zero-order valence-corrected chi connectivity index (χ0v) is 11.4. The van der Waals surface area contributed by atoms with E-state index in [9.17, 15) is 8.42 Å². The van der Waals surface area contributed by atoms with Gasteiger partial charge in [0.15, 0.2) is 0 Å². The third-order valence-corrected chi connectivity index (χ3v) is 5.33. The molecule has 2 unspecified atom stereocenters. The molecule has 0 aromatic heterocycles. The molecular formula is C11H24N2O2S. The molecule has 1 heterocycles. The van der Waals surface area contributed by atoms with Crippen molar-refractivity contribution in [2.75, 3.05) is 25.9 Å². The predicted octanol–water partition coefficient (Wildman–Crippen LogP) is 1.05. The Kier molecular flexibility index (Phi) is 5.21. The molecule has 1 aliphatic heterocycles. The van der Waals surface area contributed by atoms with E-state index in [0.29, 0.717) is 18.9 Å². The summed E-state index contributed by atoms with van der Waals surface area (Å²) in [4.78, 5) is 0. The van der Waals surface area contributed by atoms with Crippen LogP contribution in [0.4, 0.5) is 0 Å². The van der Waals surface area contributed by atoms with E-state index < -0.39 is 10.0 Å². The normalized spacial score (nSPS) is 28.2. The van der Waals surface area contributed by atoms with Crippen molar-refractivity contribution in [2.24, 2.45) is 5.92 Å².